The third-order valence-corrected chi connectivity index (χ3v) is 4.85. The minimum Gasteiger partial charge on any atom is -0.345 e. The number of rotatable bonds is 9. The second-order valence-corrected chi connectivity index (χ2v) is 9.15. The van der Waals surface area contributed by atoms with Gasteiger partial charge in [-0.3, -0.25) is 4.79 Å². The monoisotopic (exact) mass is 386 g/mol. The van der Waals surface area contributed by atoms with E-state index >= 15 is 0 Å². The molecule has 0 aliphatic heterocycles. The summed E-state index contributed by atoms with van der Waals surface area (Å²) in [6.07, 6.45) is 4.55. The van der Waals surface area contributed by atoms with E-state index in [0.717, 1.165) is 30.6 Å². The van der Waals surface area contributed by atoms with Crippen LogP contribution < -0.4 is 0 Å². The minimum atomic E-state index is -0.221. The van der Waals surface area contributed by atoms with E-state index in [4.69, 9.17) is 0 Å². The van der Waals surface area contributed by atoms with Crippen LogP contribution in [0.5, 0.6) is 0 Å². The van der Waals surface area contributed by atoms with Crippen LogP contribution >= 0.6 is 0 Å². The van der Waals surface area contributed by atoms with Gasteiger partial charge in [-0.15, -0.1) is 0 Å². The largest absolute Gasteiger partial charge is 0.345 e. The van der Waals surface area contributed by atoms with E-state index in [-0.39, 0.29) is 17.1 Å². The molecule has 1 aromatic carbocycles. The molecule has 0 saturated carbocycles. The Bertz CT molecular complexity index is 760. The number of halogens is 1. The van der Waals surface area contributed by atoms with E-state index < -0.39 is 0 Å². The van der Waals surface area contributed by atoms with Crippen LogP contribution in [0.4, 0.5) is 4.39 Å². The summed E-state index contributed by atoms with van der Waals surface area (Å²) >= 11 is 0. The maximum atomic E-state index is 13.5. The zero-order valence-electron chi connectivity index (χ0n) is 18.0. The van der Waals surface area contributed by atoms with Crippen molar-refractivity contribution in [2.75, 3.05) is 6.54 Å². The van der Waals surface area contributed by atoms with Crippen molar-refractivity contribution in [2.45, 2.75) is 67.0 Å². The van der Waals surface area contributed by atoms with Crippen LogP contribution in [-0.4, -0.2) is 21.9 Å². The number of hydrogen-bond acceptors (Lipinski definition) is 1. The van der Waals surface area contributed by atoms with Gasteiger partial charge in [0.05, 0.1) is 6.54 Å². The molecule has 0 bridgehead atoms. The Morgan fingerprint density at radius 1 is 1.21 bits per heavy atom. The van der Waals surface area contributed by atoms with Crippen molar-refractivity contribution in [3.05, 3.63) is 59.7 Å². The topological polar surface area (TPSA) is 25.2 Å². The van der Waals surface area contributed by atoms with Crippen molar-refractivity contribution in [3.8, 4) is 0 Å². The third kappa shape index (κ3) is 7.14. The molecule has 1 heterocycles. The van der Waals surface area contributed by atoms with Gasteiger partial charge in [0, 0.05) is 31.4 Å². The molecule has 0 radical (unpaired) electrons. The average Bonchev–Trinajstić information content (AvgIpc) is 2.99. The van der Waals surface area contributed by atoms with E-state index in [1.54, 1.807) is 12.1 Å². The smallest absolute Gasteiger partial charge is 0.223 e. The quantitative estimate of drug-likeness (QED) is 0.528. The summed E-state index contributed by atoms with van der Waals surface area (Å²) in [5, 5.41) is 0. The lowest BCUT2D eigenvalue weighted by atomic mass is 9.84. The van der Waals surface area contributed by atoms with Crippen LogP contribution in [0.25, 0.3) is 0 Å². The molecular formula is C24H35FN2O. The van der Waals surface area contributed by atoms with Gasteiger partial charge in [0.25, 0.3) is 0 Å². The molecule has 1 aromatic heterocycles. The van der Waals surface area contributed by atoms with Gasteiger partial charge in [0.15, 0.2) is 0 Å². The Morgan fingerprint density at radius 3 is 2.61 bits per heavy atom. The molecule has 2 rings (SSSR count). The van der Waals surface area contributed by atoms with Crippen molar-refractivity contribution in [1.82, 2.24) is 9.47 Å². The molecule has 1 unspecified atom stereocenters. The van der Waals surface area contributed by atoms with Crippen LogP contribution in [0.2, 0.25) is 0 Å². The van der Waals surface area contributed by atoms with Crippen LogP contribution in [0.3, 0.4) is 0 Å². The van der Waals surface area contributed by atoms with E-state index in [1.165, 1.54) is 6.07 Å². The number of benzene rings is 1. The van der Waals surface area contributed by atoms with Gasteiger partial charge in [0.1, 0.15) is 5.82 Å². The average molecular weight is 387 g/mol. The van der Waals surface area contributed by atoms with Gasteiger partial charge in [-0.25, -0.2) is 4.39 Å². The summed E-state index contributed by atoms with van der Waals surface area (Å²) in [5.74, 6) is 0.366. The molecule has 2 aromatic rings. The van der Waals surface area contributed by atoms with Crippen LogP contribution in [0, 0.1) is 17.2 Å². The maximum Gasteiger partial charge on any atom is 0.223 e. The van der Waals surface area contributed by atoms with Crippen molar-refractivity contribution < 1.29 is 9.18 Å². The normalized spacial score (nSPS) is 12.8. The number of carbonyl (C=O) groups excluding carboxylic acids is 1. The Hall–Kier alpha value is -2.10. The molecule has 0 aliphatic carbocycles. The Balaban J connectivity index is 2.06. The van der Waals surface area contributed by atoms with Gasteiger partial charge in [-0.05, 0) is 54.0 Å². The summed E-state index contributed by atoms with van der Waals surface area (Å²) < 4.78 is 15.6. The third-order valence-electron chi connectivity index (χ3n) is 4.85. The lowest BCUT2D eigenvalue weighted by Gasteiger charge is -2.27. The molecule has 3 nitrogen and oxygen atoms in total. The summed E-state index contributed by atoms with van der Waals surface area (Å²) in [7, 11) is 0. The van der Waals surface area contributed by atoms with E-state index in [9.17, 15) is 9.18 Å². The molecule has 1 amide bonds. The predicted molar refractivity (Wildman–Crippen MR) is 113 cm³/mol. The Labute approximate surface area is 169 Å². The minimum absolute atomic E-state index is 0.220. The van der Waals surface area contributed by atoms with E-state index in [0.29, 0.717) is 25.4 Å². The molecule has 0 fully saturated rings. The second kappa shape index (κ2) is 9.90. The van der Waals surface area contributed by atoms with Gasteiger partial charge >= 0.3 is 0 Å². The van der Waals surface area contributed by atoms with Crippen molar-refractivity contribution in [1.29, 1.82) is 0 Å². The van der Waals surface area contributed by atoms with Crippen molar-refractivity contribution >= 4 is 5.91 Å². The van der Waals surface area contributed by atoms with Crippen molar-refractivity contribution in [3.63, 3.8) is 0 Å². The highest BCUT2D eigenvalue weighted by Gasteiger charge is 2.21. The summed E-state index contributed by atoms with van der Waals surface area (Å²) in [5.41, 5.74) is 2.23. The van der Waals surface area contributed by atoms with E-state index in [1.807, 2.05) is 29.3 Å². The van der Waals surface area contributed by atoms with Gasteiger partial charge in [-0.1, -0.05) is 46.8 Å². The van der Waals surface area contributed by atoms with Crippen LogP contribution in [-0.2, 0) is 17.9 Å². The van der Waals surface area contributed by atoms with Gasteiger partial charge < -0.3 is 9.47 Å². The summed E-state index contributed by atoms with van der Waals surface area (Å²) in [6, 6.07) is 10.7. The molecular weight excluding hydrogens is 351 g/mol. The first-order chi connectivity index (χ1) is 13.2. The maximum absolute atomic E-state index is 13.5. The molecule has 1 atom stereocenters. The van der Waals surface area contributed by atoms with E-state index in [2.05, 4.69) is 39.2 Å². The lowest BCUT2D eigenvalue weighted by molar-refractivity contribution is -0.133. The van der Waals surface area contributed by atoms with Gasteiger partial charge in [-0.2, -0.15) is 0 Å². The fraction of sp³-hybridized carbons (Fsp3) is 0.542. The summed E-state index contributed by atoms with van der Waals surface area (Å²) in [6.45, 7) is 12.9. The molecule has 0 N–H and O–H groups in total. The molecule has 154 valence electrons. The molecule has 0 spiro atoms. The molecule has 4 heteroatoms. The Morgan fingerprint density at radius 2 is 1.96 bits per heavy atom. The molecule has 0 aliphatic rings. The highest BCUT2D eigenvalue weighted by molar-refractivity contribution is 5.76. The number of carbonyl (C=O) groups is 1. The molecule has 0 saturated heterocycles. The standard InChI is InChI=1S/C24H35FN2O/c1-6-12-27(23(28)14-19(2)16-24(3,4)5)18-22-11-8-13-26(22)17-20-9-7-10-21(25)15-20/h7-11,13,15,19H,6,12,14,16-18H2,1-5H3. The number of amides is 1. The lowest BCUT2D eigenvalue weighted by Crippen LogP contribution is -2.33. The zero-order valence-corrected chi connectivity index (χ0v) is 18.0. The number of aromatic nitrogens is 1. The highest BCUT2D eigenvalue weighted by Crippen LogP contribution is 2.26. The fourth-order valence-electron chi connectivity index (χ4n) is 3.88. The number of hydrogen-bond donors (Lipinski definition) is 0. The summed E-state index contributed by atoms with van der Waals surface area (Å²) in [4.78, 5) is 14.9. The second-order valence-electron chi connectivity index (χ2n) is 9.15. The molecule has 28 heavy (non-hydrogen) atoms. The fourth-order valence-corrected chi connectivity index (χ4v) is 3.88. The first-order valence-corrected chi connectivity index (χ1v) is 10.3. The van der Waals surface area contributed by atoms with Crippen LogP contribution in [0.15, 0.2) is 42.6 Å². The predicted octanol–water partition coefficient (Wildman–Crippen LogP) is 5.88. The first kappa shape index (κ1) is 22.2. The SMILES string of the molecule is CCCN(Cc1cccn1Cc1cccc(F)c1)C(=O)CC(C)CC(C)(C)C. The van der Waals surface area contributed by atoms with Gasteiger partial charge in [0.2, 0.25) is 5.91 Å². The first-order valence-electron chi connectivity index (χ1n) is 10.3. The van der Waals surface area contributed by atoms with Crippen LogP contribution in [0.1, 0.15) is 65.1 Å². The highest BCUT2D eigenvalue weighted by atomic mass is 19.1. The zero-order chi connectivity index (χ0) is 20.7. The number of nitrogens with zero attached hydrogens (tertiary/aromatic N) is 2. The van der Waals surface area contributed by atoms with Crippen molar-refractivity contribution in [2.24, 2.45) is 11.3 Å². The Kier molecular flexibility index (Phi) is 7.85.